The molecule has 0 spiro atoms. The third-order valence-electron chi connectivity index (χ3n) is 4.15. The van der Waals surface area contributed by atoms with Gasteiger partial charge in [0.15, 0.2) is 0 Å². The molecular formula is C18H29F2NO2. The lowest BCUT2D eigenvalue weighted by molar-refractivity contribution is -0.0548. The Labute approximate surface area is 138 Å². The summed E-state index contributed by atoms with van der Waals surface area (Å²) in [7, 11) is 3.28. The number of halogens is 2. The molecule has 23 heavy (non-hydrogen) atoms. The standard InChI is InChI=1S/C16H23F2NO2.C2H6/c1-12-14(20-2)5-4-13(15(12)21-3)6-9-19-10-7-16(17,18)8-11-19;1-2/h4-5H,6-11H2,1-3H3;1-2H3. The Kier molecular flexibility index (Phi) is 7.76. The first kappa shape index (κ1) is 19.7. The highest BCUT2D eigenvalue weighted by Crippen LogP contribution is 2.32. The van der Waals surface area contributed by atoms with Crippen LogP contribution in [-0.2, 0) is 6.42 Å². The molecule has 2 rings (SSSR count). The molecule has 0 aliphatic carbocycles. The van der Waals surface area contributed by atoms with E-state index in [-0.39, 0.29) is 12.8 Å². The number of ether oxygens (including phenoxy) is 2. The number of hydrogen-bond acceptors (Lipinski definition) is 3. The quantitative estimate of drug-likeness (QED) is 0.803. The maximum atomic E-state index is 13.1. The lowest BCUT2D eigenvalue weighted by Gasteiger charge is -2.31. The van der Waals surface area contributed by atoms with Crippen LogP contribution in [0.2, 0.25) is 0 Å². The predicted molar refractivity (Wildman–Crippen MR) is 90.0 cm³/mol. The molecule has 0 radical (unpaired) electrons. The van der Waals surface area contributed by atoms with Crippen molar-refractivity contribution < 1.29 is 18.3 Å². The van der Waals surface area contributed by atoms with Gasteiger partial charge in [0, 0.05) is 38.0 Å². The van der Waals surface area contributed by atoms with Crippen LogP contribution in [0.3, 0.4) is 0 Å². The fraction of sp³-hybridized carbons (Fsp3) is 0.667. The number of piperidine rings is 1. The third-order valence-corrected chi connectivity index (χ3v) is 4.15. The molecule has 0 saturated carbocycles. The molecule has 1 fully saturated rings. The highest BCUT2D eigenvalue weighted by atomic mass is 19.3. The summed E-state index contributed by atoms with van der Waals surface area (Å²) in [6, 6.07) is 3.92. The van der Waals surface area contributed by atoms with E-state index in [2.05, 4.69) is 4.90 Å². The second kappa shape index (κ2) is 9.06. The van der Waals surface area contributed by atoms with Gasteiger partial charge in [0.25, 0.3) is 5.92 Å². The Morgan fingerprint density at radius 3 is 2.22 bits per heavy atom. The largest absolute Gasteiger partial charge is 0.496 e. The van der Waals surface area contributed by atoms with Gasteiger partial charge in [-0.05, 0) is 25.0 Å². The van der Waals surface area contributed by atoms with Crippen LogP contribution < -0.4 is 9.47 Å². The maximum absolute atomic E-state index is 13.1. The lowest BCUT2D eigenvalue weighted by Crippen LogP contribution is -2.40. The summed E-state index contributed by atoms with van der Waals surface area (Å²) in [4.78, 5) is 2.09. The van der Waals surface area contributed by atoms with Crippen LogP contribution in [0.5, 0.6) is 11.5 Å². The van der Waals surface area contributed by atoms with E-state index in [4.69, 9.17) is 9.47 Å². The first-order valence-electron chi connectivity index (χ1n) is 8.27. The van der Waals surface area contributed by atoms with Gasteiger partial charge in [-0.25, -0.2) is 8.78 Å². The summed E-state index contributed by atoms with van der Waals surface area (Å²) in [5, 5.41) is 0. The molecule has 0 amide bonds. The first-order chi connectivity index (χ1) is 11.0. The zero-order valence-electron chi connectivity index (χ0n) is 14.9. The summed E-state index contributed by atoms with van der Waals surface area (Å²) in [6.07, 6.45) is 0.719. The zero-order chi connectivity index (χ0) is 17.5. The number of hydrogen-bond donors (Lipinski definition) is 0. The van der Waals surface area contributed by atoms with E-state index >= 15 is 0 Å². The minimum atomic E-state index is -2.48. The van der Waals surface area contributed by atoms with E-state index in [1.165, 1.54) is 0 Å². The Balaban J connectivity index is 0.00000127. The van der Waals surface area contributed by atoms with Gasteiger partial charge in [-0.3, -0.25) is 0 Å². The number of likely N-dealkylation sites (tertiary alicyclic amines) is 1. The van der Waals surface area contributed by atoms with E-state index in [1.54, 1.807) is 14.2 Å². The van der Waals surface area contributed by atoms with Gasteiger partial charge in [0.1, 0.15) is 11.5 Å². The summed E-state index contributed by atoms with van der Waals surface area (Å²) >= 11 is 0. The lowest BCUT2D eigenvalue weighted by atomic mass is 10.0. The van der Waals surface area contributed by atoms with Crippen LogP contribution in [0.1, 0.15) is 37.8 Å². The van der Waals surface area contributed by atoms with E-state index in [1.807, 2.05) is 32.9 Å². The number of benzene rings is 1. The van der Waals surface area contributed by atoms with Crippen LogP contribution >= 0.6 is 0 Å². The SMILES string of the molecule is CC.COc1ccc(CCN2CCC(F)(F)CC2)c(OC)c1C. The van der Waals surface area contributed by atoms with E-state index < -0.39 is 5.92 Å². The van der Waals surface area contributed by atoms with E-state index in [0.29, 0.717) is 13.1 Å². The predicted octanol–water partition coefficient (Wildman–Crippen LogP) is 4.31. The van der Waals surface area contributed by atoms with Crippen molar-refractivity contribution in [3.8, 4) is 11.5 Å². The van der Waals surface area contributed by atoms with Gasteiger partial charge in [0.05, 0.1) is 14.2 Å². The minimum absolute atomic E-state index is 0.0359. The van der Waals surface area contributed by atoms with Gasteiger partial charge < -0.3 is 14.4 Å². The molecule has 1 aromatic carbocycles. The normalized spacial score (nSPS) is 17.2. The fourth-order valence-corrected chi connectivity index (χ4v) is 2.81. The summed E-state index contributed by atoms with van der Waals surface area (Å²) < 4.78 is 37.0. The number of rotatable bonds is 5. The zero-order valence-corrected chi connectivity index (χ0v) is 14.9. The smallest absolute Gasteiger partial charge is 0.250 e. The monoisotopic (exact) mass is 329 g/mol. The molecule has 0 N–H and O–H groups in total. The molecule has 5 heteroatoms. The van der Waals surface area contributed by atoms with Crippen LogP contribution in [0, 0.1) is 6.92 Å². The minimum Gasteiger partial charge on any atom is -0.496 e. The second-order valence-electron chi connectivity index (χ2n) is 5.53. The topological polar surface area (TPSA) is 21.7 Å². The van der Waals surface area contributed by atoms with Crippen LogP contribution in [-0.4, -0.2) is 44.7 Å². The molecule has 0 unspecified atom stereocenters. The molecule has 132 valence electrons. The second-order valence-corrected chi connectivity index (χ2v) is 5.53. The first-order valence-corrected chi connectivity index (χ1v) is 8.27. The van der Waals surface area contributed by atoms with Crippen molar-refractivity contribution in [1.82, 2.24) is 4.90 Å². The van der Waals surface area contributed by atoms with Crippen molar-refractivity contribution in [2.24, 2.45) is 0 Å². The van der Waals surface area contributed by atoms with Gasteiger partial charge in [-0.2, -0.15) is 0 Å². The van der Waals surface area contributed by atoms with Gasteiger partial charge in [-0.1, -0.05) is 19.9 Å². The van der Waals surface area contributed by atoms with Gasteiger partial charge in [0.2, 0.25) is 0 Å². The van der Waals surface area contributed by atoms with E-state index in [0.717, 1.165) is 35.6 Å². The number of methoxy groups -OCH3 is 2. The molecular weight excluding hydrogens is 300 g/mol. The summed E-state index contributed by atoms with van der Waals surface area (Å²) in [5.41, 5.74) is 2.07. The third kappa shape index (κ3) is 5.34. The van der Waals surface area contributed by atoms with Crippen LogP contribution in [0.15, 0.2) is 12.1 Å². The van der Waals surface area contributed by atoms with Gasteiger partial charge in [-0.15, -0.1) is 0 Å². The number of nitrogens with zero attached hydrogens (tertiary/aromatic N) is 1. The molecule has 1 saturated heterocycles. The summed E-state index contributed by atoms with van der Waals surface area (Å²) in [5.74, 6) is -0.852. The molecule has 1 aromatic rings. The Morgan fingerprint density at radius 1 is 1.09 bits per heavy atom. The molecule has 1 aliphatic rings. The summed E-state index contributed by atoms with van der Waals surface area (Å²) in [6.45, 7) is 7.66. The van der Waals surface area contributed by atoms with Crippen LogP contribution in [0.25, 0.3) is 0 Å². The Morgan fingerprint density at radius 2 is 1.70 bits per heavy atom. The highest BCUT2D eigenvalue weighted by molar-refractivity contribution is 5.49. The average molecular weight is 329 g/mol. The molecule has 1 aliphatic heterocycles. The molecule has 0 atom stereocenters. The molecule has 0 bridgehead atoms. The molecule has 3 nitrogen and oxygen atoms in total. The van der Waals surface area contributed by atoms with Gasteiger partial charge >= 0.3 is 0 Å². The molecule has 1 heterocycles. The number of alkyl halides is 2. The Bertz CT molecular complexity index is 482. The van der Waals surface area contributed by atoms with Crippen LogP contribution in [0.4, 0.5) is 8.78 Å². The average Bonchev–Trinajstić information content (AvgIpc) is 2.56. The van der Waals surface area contributed by atoms with Crippen molar-refractivity contribution in [3.63, 3.8) is 0 Å². The van der Waals surface area contributed by atoms with Crippen molar-refractivity contribution >= 4 is 0 Å². The Hall–Kier alpha value is -1.36. The van der Waals surface area contributed by atoms with E-state index in [9.17, 15) is 8.78 Å². The fourth-order valence-electron chi connectivity index (χ4n) is 2.81. The maximum Gasteiger partial charge on any atom is 0.250 e. The van der Waals surface area contributed by atoms with Crippen molar-refractivity contribution in [2.75, 3.05) is 33.9 Å². The highest BCUT2D eigenvalue weighted by Gasteiger charge is 2.33. The van der Waals surface area contributed by atoms with Crippen molar-refractivity contribution in [3.05, 3.63) is 23.3 Å². The molecule has 0 aromatic heterocycles. The van der Waals surface area contributed by atoms with Crippen molar-refractivity contribution in [1.29, 1.82) is 0 Å². The van der Waals surface area contributed by atoms with Crippen molar-refractivity contribution in [2.45, 2.75) is 46.0 Å².